The maximum atomic E-state index is 12.1. The summed E-state index contributed by atoms with van der Waals surface area (Å²) in [4.78, 5) is 14.1. The van der Waals surface area contributed by atoms with Gasteiger partial charge in [-0.1, -0.05) is 24.3 Å². The Morgan fingerprint density at radius 2 is 1.96 bits per heavy atom. The van der Waals surface area contributed by atoms with Gasteiger partial charge in [-0.15, -0.1) is 0 Å². The van der Waals surface area contributed by atoms with E-state index in [2.05, 4.69) is 21.2 Å². The number of anilines is 1. The maximum Gasteiger partial charge on any atom is 0.238 e. The van der Waals surface area contributed by atoms with Crippen LogP contribution in [0.4, 0.5) is 5.69 Å². The Morgan fingerprint density at radius 3 is 2.67 bits per heavy atom. The van der Waals surface area contributed by atoms with Crippen LogP contribution in [0.5, 0.6) is 5.75 Å². The molecule has 2 rings (SSSR count). The Labute approximate surface area is 151 Å². The second kappa shape index (κ2) is 9.45. The number of likely N-dealkylation sites (N-methyl/N-ethyl adjacent to an activating group) is 1. The molecule has 0 unspecified atom stereocenters. The first-order chi connectivity index (χ1) is 11.5. The van der Waals surface area contributed by atoms with Gasteiger partial charge in [-0.3, -0.25) is 9.69 Å². The van der Waals surface area contributed by atoms with E-state index < -0.39 is 0 Å². The lowest BCUT2D eigenvalue weighted by Crippen LogP contribution is -2.31. The first-order valence-electron chi connectivity index (χ1n) is 7.97. The SMILES string of the molecule is Cc1ccc(NC(=O)CN(C)CCCOc2ccccc2)c(Br)c1. The average Bonchev–Trinajstić information content (AvgIpc) is 2.55. The number of carbonyl (C=O) groups excluding carboxylic acids is 1. The lowest BCUT2D eigenvalue weighted by Gasteiger charge is -2.17. The molecule has 0 spiro atoms. The Bertz CT molecular complexity index is 662. The first kappa shape index (κ1) is 18.5. The van der Waals surface area contributed by atoms with Gasteiger partial charge in [0, 0.05) is 11.0 Å². The summed E-state index contributed by atoms with van der Waals surface area (Å²) in [5.41, 5.74) is 1.95. The molecule has 0 radical (unpaired) electrons. The number of aryl methyl sites for hydroxylation is 1. The zero-order chi connectivity index (χ0) is 17.4. The molecule has 4 nitrogen and oxygen atoms in total. The highest BCUT2D eigenvalue weighted by Gasteiger charge is 2.09. The molecule has 128 valence electrons. The molecule has 0 aromatic heterocycles. The van der Waals surface area contributed by atoms with Crippen LogP contribution in [0.2, 0.25) is 0 Å². The van der Waals surface area contributed by atoms with E-state index in [9.17, 15) is 4.79 Å². The van der Waals surface area contributed by atoms with E-state index in [4.69, 9.17) is 4.74 Å². The fourth-order valence-electron chi connectivity index (χ4n) is 2.28. The van der Waals surface area contributed by atoms with E-state index in [0.29, 0.717) is 13.2 Å². The van der Waals surface area contributed by atoms with Crippen molar-refractivity contribution in [1.29, 1.82) is 0 Å². The Balaban J connectivity index is 1.68. The predicted octanol–water partition coefficient (Wildman–Crippen LogP) is 4.10. The highest BCUT2D eigenvalue weighted by Crippen LogP contribution is 2.23. The van der Waals surface area contributed by atoms with Crippen LogP contribution in [-0.4, -0.2) is 37.6 Å². The second-order valence-electron chi connectivity index (χ2n) is 5.78. The molecule has 0 saturated heterocycles. The normalized spacial score (nSPS) is 10.7. The number of hydrogen-bond donors (Lipinski definition) is 1. The number of benzene rings is 2. The van der Waals surface area contributed by atoms with E-state index in [1.807, 2.05) is 67.4 Å². The van der Waals surface area contributed by atoms with Crippen molar-refractivity contribution in [3.8, 4) is 5.75 Å². The van der Waals surface area contributed by atoms with Gasteiger partial charge in [0.1, 0.15) is 5.75 Å². The fourth-order valence-corrected chi connectivity index (χ4v) is 2.87. The number of nitrogens with zero attached hydrogens (tertiary/aromatic N) is 1. The van der Waals surface area contributed by atoms with Crippen LogP contribution in [0.1, 0.15) is 12.0 Å². The molecule has 24 heavy (non-hydrogen) atoms. The van der Waals surface area contributed by atoms with Gasteiger partial charge in [-0.25, -0.2) is 0 Å². The third kappa shape index (κ3) is 6.34. The molecule has 0 saturated carbocycles. The van der Waals surface area contributed by atoms with Crippen molar-refractivity contribution >= 4 is 27.5 Å². The highest BCUT2D eigenvalue weighted by atomic mass is 79.9. The molecule has 0 fully saturated rings. The summed E-state index contributed by atoms with van der Waals surface area (Å²) in [6.45, 7) is 3.81. The molecular weight excluding hydrogens is 368 g/mol. The topological polar surface area (TPSA) is 41.6 Å². The summed E-state index contributed by atoms with van der Waals surface area (Å²) < 4.78 is 6.55. The second-order valence-corrected chi connectivity index (χ2v) is 6.64. The molecule has 0 atom stereocenters. The van der Waals surface area contributed by atoms with Crippen LogP contribution >= 0.6 is 15.9 Å². The van der Waals surface area contributed by atoms with Crippen LogP contribution in [-0.2, 0) is 4.79 Å². The molecular formula is C19H23BrN2O2. The van der Waals surface area contributed by atoms with Gasteiger partial charge in [0.15, 0.2) is 0 Å². The molecule has 2 aromatic rings. The number of carbonyl (C=O) groups is 1. The summed E-state index contributed by atoms with van der Waals surface area (Å²) in [7, 11) is 1.94. The average molecular weight is 391 g/mol. The third-order valence-corrected chi connectivity index (χ3v) is 4.16. The maximum absolute atomic E-state index is 12.1. The summed E-state index contributed by atoms with van der Waals surface area (Å²) >= 11 is 3.47. The van der Waals surface area contributed by atoms with Gasteiger partial charge in [0.2, 0.25) is 5.91 Å². The minimum absolute atomic E-state index is 0.0222. The van der Waals surface area contributed by atoms with Gasteiger partial charge in [-0.05, 0) is 66.2 Å². The molecule has 0 bridgehead atoms. The van der Waals surface area contributed by atoms with Crippen molar-refractivity contribution in [2.24, 2.45) is 0 Å². The number of nitrogens with one attached hydrogen (secondary N) is 1. The third-order valence-electron chi connectivity index (χ3n) is 3.51. The van der Waals surface area contributed by atoms with Gasteiger partial charge < -0.3 is 10.1 Å². The predicted molar refractivity (Wildman–Crippen MR) is 102 cm³/mol. The largest absolute Gasteiger partial charge is 0.494 e. The number of halogens is 1. The van der Waals surface area contributed by atoms with Crippen LogP contribution in [0, 0.1) is 6.92 Å². The van der Waals surface area contributed by atoms with Crippen molar-refractivity contribution in [2.45, 2.75) is 13.3 Å². The van der Waals surface area contributed by atoms with Crippen LogP contribution in [0.15, 0.2) is 53.0 Å². The van der Waals surface area contributed by atoms with E-state index in [1.54, 1.807) is 0 Å². The molecule has 0 aliphatic rings. The van der Waals surface area contributed by atoms with Crippen molar-refractivity contribution < 1.29 is 9.53 Å². The smallest absolute Gasteiger partial charge is 0.238 e. The zero-order valence-corrected chi connectivity index (χ0v) is 15.7. The number of ether oxygens (including phenoxy) is 1. The molecule has 2 aromatic carbocycles. The van der Waals surface area contributed by atoms with Crippen molar-refractivity contribution in [3.63, 3.8) is 0 Å². The molecule has 5 heteroatoms. The minimum Gasteiger partial charge on any atom is -0.494 e. The monoisotopic (exact) mass is 390 g/mol. The quantitative estimate of drug-likeness (QED) is 0.689. The summed E-state index contributed by atoms with van der Waals surface area (Å²) in [6.07, 6.45) is 0.868. The highest BCUT2D eigenvalue weighted by molar-refractivity contribution is 9.10. The number of hydrogen-bond acceptors (Lipinski definition) is 3. The minimum atomic E-state index is -0.0222. The lowest BCUT2D eigenvalue weighted by molar-refractivity contribution is -0.117. The molecule has 1 amide bonds. The Hall–Kier alpha value is -1.85. The van der Waals surface area contributed by atoms with E-state index in [0.717, 1.165) is 34.4 Å². The standard InChI is InChI=1S/C19H23BrN2O2/c1-15-9-10-18(17(20)13-15)21-19(23)14-22(2)11-6-12-24-16-7-4-3-5-8-16/h3-5,7-10,13H,6,11-12,14H2,1-2H3,(H,21,23). The number of rotatable bonds is 8. The van der Waals surface area contributed by atoms with Gasteiger partial charge in [-0.2, -0.15) is 0 Å². The van der Waals surface area contributed by atoms with Crippen LogP contribution in [0.25, 0.3) is 0 Å². The van der Waals surface area contributed by atoms with E-state index >= 15 is 0 Å². The number of para-hydroxylation sites is 1. The van der Waals surface area contributed by atoms with Gasteiger partial charge in [0.25, 0.3) is 0 Å². The van der Waals surface area contributed by atoms with Crippen LogP contribution < -0.4 is 10.1 Å². The molecule has 0 aliphatic carbocycles. The van der Waals surface area contributed by atoms with Gasteiger partial charge >= 0.3 is 0 Å². The molecule has 1 N–H and O–H groups in total. The summed E-state index contributed by atoms with van der Waals surface area (Å²) in [5.74, 6) is 0.855. The summed E-state index contributed by atoms with van der Waals surface area (Å²) in [6, 6.07) is 15.6. The lowest BCUT2D eigenvalue weighted by atomic mass is 10.2. The van der Waals surface area contributed by atoms with Gasteiger partial charge in [0.05, 0.1) is 18.8 Å². The molecule has 0 heterocycles. The van der Waals surface area contributed by atoms with Crippen LogP contribution in [0.3, 0.4) is 0 Å². The van der Waals surface area contributed by atoms with Crippen molar-refractivity contribution in [3.05, 3.63) is 58.6 Å². The first-order valence-corrected chi connectivity index (χ1v) is 8.76. The fraction of sp³-hybridized carbons (Fsp3) is 0.316. The van der Waals surface area contributed by atoms with Crippen molar-refractivity contribution in [1.82, 2.24) is 4.90 Å². The number of amides is 1. The summed E-state index contributed by atoms with van der Waals surface area (Å²) in [5, 5.41) is 2.93. The Kier molecular flexibility index (Phi) is 7.28. The van der Waals surface area contributed by atoms with E-state index in [-0.39, 0.29) is 5.91 Å². The van der Waals surface area contributed by atoms with E-state index in [1.165, 1.54) is 0 Å². The zero-order valence-electron chi connectivity index (χ0n) is 14.1. The molecule has 0 aliphatic heterocycles. The Morgan fingerprint density at radius 1 is 1.21 bits per heavy atom. The van der Waals surface area contributed by atoms with Crippen molar-refractivity contribution in [2.75, 3.05) is 32.1 Å².